The summed E-state index contributed by atoms with van der Waals surface area (Å²) in [6, 6.07) is -0.474. The summed E-state index contributed by atoms with van der Waals surface area (Å²) in [5.74, 6) is -1.06. The number of hydrogen-bond acceptors (Lipinski definition) is 3. The smallest absolute Gasteiger partial charge is 0.323 e. The second-order valence-corrected chi connectivity index (χ2v) is 3.48. The Hall–Kier alpha value is -2.05. The molecule has 1 rings (SSSR count). The largest absolute Gasteiger partial charge is 0.480 e. The zero-order valence-corrected chi connectivity index (χ0v) is 9.39. The van der Waals surface area contributed by atoms with E-state index in [0.29, 0.717) is 11.4 Å². The van der Waals surface area contributed by atoms with E-state index in [0.717, 1.165) is 4.90 Å². The van der Waals surface area contributed by atoms with E-state index in [1.807, 2.05) is 0 Å². The van der Waals surface area contributed by atoms with Gasteiger partial charge in [0.05, 0.1) is 11.4 Å². The Kier molecular flexibility index (Phi) is 3.49. The molecule has 0 bridgehead atoms. The number of aryl methyl sites for hydroxylation is 2. The first-order valence-corrected chi connectivity index (χ1v) is 4.64. The third-order valence-corrected chi connectivity index (χ3v) is 1.97. The van der Waals surface area contributed by atoms with Crippen molar-refractivity contribution in [2.24, 2.45) is 7.05 Å². The van der Waals surface area contributed by atoms with Crippen LogP contribution in [0.3, 0.4) is 0 Å². The van der Waals surface area contributed by atoms with Gasteiger partial charge in [-0.05, 0) is 6.92 Å². The maximum absolute atomic E-state index is 11.5. The van der Waals surface area contributed by atoms with Crippen LogP contribution in [-0.4, -0.2) is 45.4 Å². The number of urea groups is 1. The third-order valence-electron chi connectivity index (χ3n) is 1.97. The van der Waals surface area contributed by atoms with Crippen LogP contribution in [0.15, 0.2) is 6.20 Å². The van der Waals surface area contributed by atoms with Crippen LogP contribution in [0.4, 0.5) is 10.5 Å². The van der Waals surface area contributed by atoms with Crippen molar-refractivity contribution >= 4 is 17.7 Å². The first-order valence-electron chi connectivity index (χ1n) is 4.64. The van der Waals surface area contributed by atoms with E-state index < -0.39 is 12.0 Å². The Morgan fingerprint density at radius 1 is 1.62 bits per heavy atom. The number of hydrogen-bond donors (Lipinski definition) is 2. The van der Waals surface area contributed by atoms with Crippen LogP contribution >= 0.6 is 0 Å². The van der Waals surface area contributed by atoms with E-state index in [1.165, 1.54) is 7.05 Å². The molecule has 0 saturated carbocycles. The van der Waals surface area contributed by atoms with E-state index in [4.69, 9.17) is 5.11 Å². The number of aromatic nitrogens is 2. The van der Waals surface area contributed by atoms with E-state index in [9.17, 15) is 9.59 Å². The van der Waals surface area contributed by atoms with Crippen LogP contribution in [0.25, 0.3) is 0 Å². The molecule has 0 aliphatic carbocycles. The highest BCUT2D eigenvalue weighted by Crippen LogP contribution is 2.11. The Labute approximate surface area is 92.7 Å². The summed E-state index contributed by atoms with van der Waals surface area (Å²) >= 11 is 0. The van der Waals surface area contributed by atoms with E-state index in [-0.39, 0.29) is 6.54 Å². The lowest BCUT2D eigenvalue weighted by molar-refractivity contribution is -0.137. The lowest BCUT2D eigenvalue weighted by Crippen LogP contribution is -2.35. The van der Waals surface area contributed by atoms with E-state index in [1.54, 1.807) is 24.9 Å². The number of aliphatic carboxylic acids is 1. The normalized spacial score (nSPS) is 9.94. The molecule has 2 amide bonds. The summed E-state index contributed by atoms with van der Waals surface area (Å²) in [6.07, 6.45) is 1.65. The number of carboxylic acid groups (broad SMARTS) is 1. The van der Waals surface area contributed by atoms with Gasteiger partial charge < -0.3 is 15.3 Å². The molecule has 1 aromatic heterocycles. The van der Waals surface area contributed by atoms with Crippen molar-refractivity contribution in [3.63, 3.8) is 0 Å². The van der Waals surface area contributed by atoms with Gasteiger partial charge in [0, 0.05) is 20.3 Å². The maximum Gasteiger partial charge on any atom is 0.323 e. The van der Waals surface area contributed by atoms with Crippen molar-refractivity contribution < 1.29 is 14.7 Å². The van der Waals surface area contributed by atoms with Crippen LogP contribution in [-0.2, 0) is 11.8 Å². The minimum atomic E-state index is -1.06. The van der Waals surface area contributed by atoms with Gasteiger partial charge in [0.15, 0.2) is 0 Å². The van der Waals surface area contributed by atoms with E-state index >= 15 is 0 Å². The van der Waals surface area contributed by atoms with Crippen LogP contribution in [0.1, 0.15) is 5.69 Å². The molecule has 0 unspecified atom stereocenters. The summed E-state index contributed by atoms with van der Waals surface area (Å²) in [7, 11) is 3.15. The van der Waals surface area contributed by atoms with Gasteiger partial charge in [-0.15, -0.1) is 0 Å². The second kappa shape index (κ2) is 4.65. The van der Waals surface area contributed by atoms with Crippen LogP contribution < -0.4 is 5.32 Å². The molecule has 0 spiro atoms. The van der Waals surface area contributed by atoms with Gasteiger partial charge in [-0.2, -0.15) is 5.10 Å². The molecule has 0 aliphatic rings. The zero-order chi connectivity index (χ0) is 12.3. The number of amides is 2. The fourth-order valence-electron chi connectivity index (χ4n) is 1.21. The summed E-state index contributed by atoms with van der Waals surface area (Å²) in [6.45, 7) is 1.41. The highest BCUT2D eigenvalue weighted by Gasteiger charge is 2.13. The summed E-state index contributed by atoms with van der Waals surface area (Å²) in [5, 5.41) is 15.1. The standard InChI is InChI=1S/C9H14N4O3/c1-6-7(4-13(3)11-6)10-9(16)12(2)5-8(14)15/h4H,5H2,1-3H3,(H,10,16)(H,14,15). The fraction of sp³-hybridized carbons (Fsp3) is 0.444. The molecule has 0 aromatic carbocycles. The van der Waals surface area contributed by atoms with E-state index in [2.05, 4.69) is 10.4 Å². The number of carbonyl (C=O) groups excluding carboxylic acids is 1. The van der Waals surface area contributed by atoms with Crippen LogP contribution in [0.2, 0.25) is 0 Å². The molecule has 0 aliphatic heterocycles. The van der Waals surface area contributed by atoms with Crippen molar-refractivity contribution in [1.29, 1.82) is 0 Å². The molecule has 7 nitrogen and oxygen atoms in total. The van der Waals surface area contributed by atoms with Crippen molar-refractivity contribution in [2.45, 2.75) is 6.92 Å². The van der Waals surface area contributed by atoms with Crippen molar-refractivity contribution in [3.8, 4) is 0 Å². The molecule has 7 heteroatoms. The number of likely N-dealkylation sites (N-methyl/N-ethyl adjacent to an activating group) is 1. The summed E-state index contributed by atoms with van der Waals surface area (Å²) in [4.78, 5) is 23.0. The lowest BCUT2D eigenvalue weighted by Gasteiger charge is -2.14. The van der Waals surface area contributed by atoms with Gasteiger partial charge in [-0.25, -0.2) is 4.79 Å². The molecule has 88 valence electrons. The highest BCUT2D eigenvalue weighted by molar-refractivity contribution is 5.91. The molecule has 1 heterocycles. The Bertz CT molecular complexity index is 413. The van der Waals surface area contributed by atoms with Crippen LogP contribution in [0, 0.1) is 6.92 Å². The summed E-state index contributed by atoms with van der Waals surface area (Å²) in [5.41, 5.74) is 1.25. The number of rotatable bonds is 3. The molecular formula is C9H14N4O3. The minimum absolute atomic E-state index is 0.342. The molecular weight excluding hydrogens is 212 g/mol. The molecule has 0 saturated heterocycles. The number of anilines is 1. The number of carbonyl (C=O) groups is 2. The molecule has 0 atom stereocenters. The molecule has 0 radical (unpaired) electrons. The molecule has 2 N–H and O–H groups in total. The average molecular weight is 226 g/mol. The number of nitrogens with zero attached hydrogens (tertiary/aromatic N) is 3. The molecule has 16 heavy (non-hydrogen) atoms. The first-order chi connectivity index (χ1) is 7.40. The number of carboxylic acids is 1. The predicted molar refractivity (Wildman–Crippen MR) is 57.2 cm³/mol. The molecule has 0 fully saturated rings. The van der Waals surface area contributed by atoms with Gasteiger partial charge in [-0.1, -0.05) is 0 Å². The predicted octanol–water partition coefficient (Wildman–Crippen LogP) is 0.277. The maximum atomic E-state index is 11.5. The van der Waals surface area contributed by atoms with Crippen molar-refractivity contribution in [1.82, 2.24) is 14.7 Å². The lowest BCUT2D eigenvalue weighted by atomic mass is 10.4. The SMILES string of the molecule is Cc1nn(C)cc1NC(=O)N(C)CC(=O)O. The highest BCUT2D eigenvalue weighted by atomic mass is 16.4. The third kappa shape index (κ3) is 2.97. The Morgan fingerprint density at radius 2 is 2.25 bits per heavy atom. The Morgan fingerprint density at radius 3 is 2.69 bits per heavy atom. The average Bonchev–Trinajstić information content (AvgIpc) is 2.43. The number of nitrogens with one attached hydrogen (secondary N) is 1. The second-order valence-electron chi connectivity index (χ2n) is 3.48. The molecule has 1 aromatic rings. The van der Waals surface area contributed by atoms with Gasteiger partial charge in [-0.3, -0.25) is 9.48 Å². The monoisotopic (exact) mass is 226 g/mol. The fourth-order valence-corrected chi connectivity index (χ4v) is 1.21. The van der Waals surface area contributed by atoms with Gasteiger partial charge in [0.1, 0.15) is 6.54 Å². The quantitative estimate of drug-likeness (QED) is 0.774. The zero-order valence-electron chi connectivity index (χ0n) is 9.39. The van der Waals surface area contributed by atoms with Gasteiger partial charge in [0.2, 0.25) is 0 Å². The first kappa shape index (κ1) is 12.0. The van der Waals surface area contributed by atoms with Gasteiger partial charge >= 0.3 is 12.0 Å². The van der Waals surface area contributed by atoms with Gasteiger partial charge in [0.25, 0.3) is 0 Å². The van der Waals surface area contributed by atoms with Crippen LogP contribution in [0.5, 0.6) is 0 Å². The van der Waals surface area contributed by atoms with Crippen molar-refractivity contribution in [2.75, 3.05) is 18.9 Å². The summed E-state index contributed by atoms with van der Waals surface area (Å²) < 4.78 is 1.57. The van der Waals surface area contributed by atoms with Crippen molar-refractivity contribution in [3.05, 3.63) is 11.9 Å². The topological polar surface area (TPSA) is 87.5 Å². The minimum Gasteiger partial charge on any atom is -0.480 e. The Balaban J connectivity index is 2.64.